The molecule has 1 N–H and O–H groups in total. The van der Waals surface area contributed by atoms with Gasteiger partial charge in [-0.3, -0.25) is 9.69 Å². The van der Waals surface area contributed by atoms with Crippen LogP contribution < -0.4 is 0 Å². The first kappa shape index (κ1) is 13.5. The van der Waals surface area contributed by atoms with Gasteiger partial charge in [0.25, 0.3) is 0 Å². The molecule has 16 heavy (non-hydrogen) atoms. The average molecular weight is 227 g/mol. The molecule has 0 bridgehead atoms. The van der Waals surface area contributed by atoms with Crippen LogP contribution in [0.5, 0.6) is 0 Å². The number of carboxylic acid groups (broad SMARTS) is 1. The van der Waals surface area contributed by atoms with Crippen LogP contribution in [-0.2, 0) is 4.79 Å². The fraction of sp³-hybridized carbons (Fsp3) is 0.923. The summed E-state index contributed by atoms with van der Waals surface area (Å²) in [6, 6.07) is 0.607. The van der Waals surface area contributed by atoms with Crippen LogP contribution in [0.25, 0.3) is 0 Å². The van der Waals surface area contributed by atoms with Crippen molar-refractivity contribution in [2.75, 3.05) is 13.1 Å². The number of aliphatic carboxylic acids is 1. The molecule has 0 aromatic rings. The Bertz CT molecular complexity index is 242. The fourth-order valence-corrected chi connectivity index (χ4v) is 2.82. The SMILES string of the molecule is CCCC(C)(CN1CCCC1CC)C(=O)O. The van der Waals surface area contributed by atoms with E-state index in [9.17, 15) is 9.90 Å². The van der Waals surface area contributed by atoms with Gasteiger partial charge in [-0.2, -0.15) is 0 Å². The molecule has 0 aromatic carbocycles. The third-order valence-electron chi connectivity index (χ3n) is 3.84. The summed E-state index contributed by atoms with van der Waals surface area (Å²) in [5, 5.41) is 9.36. The largest absolute Gasteiger partial charge is 0.481 e. The maximum atomic E-state index is 11.4. The Morgan fingerprint density at radius 3 is 2.69 bits per heavy atom. The molecule has 94 valence electrons. The molecule has 0 saturated carbocycles. The minimum atomic E-state index is -0.642. The summed E-state index contributed by atoms with van der Waals surface area (Å²) in [5.41, 5.74) is -0.563. The predicted molar refractivity (Wildman–Crippen MR) is 65.5 cm³/mol. The maximum Gasteiger partial charge on any atom is 0.310 e. The van der Waals surface area contributed by atoms with Crippen molar-refractivity contribution in [3.8, 4) is 0 Å². The highest BCUT2D eigenvalue weighted by atomic mass is 16.4. The van der Waals surface area contributed by atoms with Crippen molar-refractivity contribution in [2.45, 2.75) is 58.9 Å². The van der Waals surface area contributed by atoms with Crippen LogP contribution in [0.3, 0.4) is 0 Å². The predicted octanol–water partition coefficient (Wildman–Crippen LogP) is 2.75. The molecule has 0 radical (unpaired) electrons. The van der Waals surface area contributed by atoms with Crippen molar-refractivity contribution in [1.82, 2.24) is 4.90 Å². The average Bonchev–Trinajstić information content (AvgIpc) is 2.65. The Balaban J connectivity index is 2.64. The lowest BCUT2D eigenvalue weighted by molar-refractivity contribution is -0.149. The van der Waals surface area contributed by atoms with Gasteiger partial charge in [-0.1, -0.05) is 20.3 Å². The van der Waals surface area contributed by atoms with Crippen LogP contribution in [0.4, 0.5) is 0 Å². The van der Waals surface area contributed by atoms with E-state index in [1.54, 1.807) is 0 Å². The molecule has 1 heterocycles. The molecule has 0 amide bonds. The number of likely N-dealkylation sites (tertiary alicyclic amines) is 1. The minimum absolute atomic E-state index is 0.563. The highest BCUT2D eigenvalue weighted by Crippen LogP contribution is 2.29. The summed E-state index contributed by atoms with van der Waals surface area (Å²) in [4.78, 5) is 13.7. The van der Waals surface area contributed by atoms with E-state index < -0.39 is 11.4 Å². The monoisotopic (exact) mass is 227 g/mol. The van der Waals surface area contributed by atoms with Crippen molar-refractivity contribution in [2.24, 2.45) is 5.41 Å². The number of carbonyl (C=O) groups is 1. The van der Waals surface area contributed by atoms with Crippen molar-refractivity contribution in [3.63, 3.8) is 0 Å². The van der Waals surface area contributed by atoms with Crippen LogP contribution in [0.15, 0.2) is 0 Å². The smallest absolute Gasteiger partial charge is 0.310 e. The molecule has 3 heteroatoms. The van der Waals surface area contributed by atoms with E-state index >= 15 is 0 Å². The van der Waals surface area contributed by atoms with Gasteiger partial charge in [0.1, 0.15) is 0 Å². The summed E-state index contributed by atoms with van der Waals surface area (Å²) in [6.07, 6.45) is 5.31. The molecular weight excluding hydrogens is 202 g/mol. The Morgan fingerprint density at radius 1 is 1.50 bits per heavy atom. The molecule has 1 aliphatic heterocycles. The summed E-state index contributed by atoms with van der Waals surface area (Å²) >= 11 is 0. The van der Waals surface area contributed by atoms with Crippen LogP contribution in [0, 0.1) is 5.41 Å². The van der Waals surface area contributed by atoms with Gasteiger partial charge in [-0.05, 0) is 39.2 Å². The minimum Gasteiger partial charge on any atom is -0.481 e. The maximum absolute atomic E-state index is 11.4. The lowest BCUT2D eigenvalue weighted by Gasteiger charge is -2.33. The van der Waals surface area contributed by atoms with Crippen LogP contribution in [-0.4, -0.2) is 35.1 Å². The van der Waals surface area contributed by atoms with E-state index in [2.05, 4.69) is 18.7 Å². The van der Waals surface area contributed by atoms with Crippen molar-refractivity contribution < 1.29 is 9.90 Å². The lowest BCUT2D eigenvalue weighted by Crippen LogP contribution is -2.43. The normalized spacial score (nSPS) is 25.6. The van der Waals surface area contributed by atoms with E-state index in [1.165, 1.54) is 12.8 Å². The first-order valence-electron chi connectivity index (χ1n) is 6.51. The Kier molecular flexibility index (Phi) is 4.78. The number of rotatable bonds is 6. The van der Waals surface area contributed by atoms with Gasteiger partial charge in [0, 0.05) is 12.6 Å². The second kappa shape index (κ2) is 5.67. The van der Waals surface area contributed by atoms with Gasteiger partial charge in [0.05, 0.1) is 5.41 Å². The third kappa shape index (κ3) is 2.97. The number of nitrogens with zero attached hydrogens (tertiary/aromatic N) is 1. The van der Waals surface area contributed by atoms with Gasteiger partial charge in [0.2, 0.25) is 0 Å². The lowest BCUT2D eigenvalue weighted by atomic mass is 9.85. The number of carboxylic acids is 1. The van der Waals surface area contributed by atoms with E-state index in [-0.39, 0.29) is 0 Å². The Labute approximate surface area is 98.8 Å². The summed E-state index contributed by atoms with van der Waals surface area (Å²) in [5.74, 6) is -0.642. The quantitative estimate of drug-likeness (QED) is 0.758. The molecule has 0 aliphatic carbocycles. The molecular formula is C13H25NO2. The van der Waals surface area contributed by atoms with Crippen molar-refractivity contribution in [1.29, 1.82) is 0 Å². The van der Waals surface area contributed by atoms with Gasteiger partial charge in [-0.15, -0.1) is 0 Å². The van der Waals surface area contributed by atoms with Gasteiger partial charge >= 0.3 is 5.97 Å². The van der Waals surface area contributed by atoms with Crippen molar-refractivity contribution in [3.05, 3.63) is 0 Å². The Hall–Kier alpha value is -0.570. The topological polar surface area (TPSA) is 40.5 Å². The standard InChI is InChI=1S/C13H25NO2/c1-4-8-13(3,12(15)16)10-14-9-6-7-11(14)5-2/h11H,4-10H2,1-3H3,(H,15,16). The van der Waals surface area contributed by atoms with Gasteiger partial charge in [-0.25, -0.2) is 0 Å². The van der Waals surface area contributed by atoms with E-state index in [1.807, 2.05) is 6.92 Å². The zero-order chi connectivity index (χ0) is 12.2. The van der Waals surface area contributed by atoms with Crippen LogP contribution in [0.2, 0.25) is 0 Å². The first-order chi connectivity index (χ1) is 7.53. The van der Waals surface area contributed by atoms with E-state index in [4.69, 9.17) is 0 Å². The molecule has 1 aliphatic rings. The third-order valence-corrected chi connectivity index (χ3v) is 3.84. The molecule has 0 spiro atoms. The summed E-state index contributed by atoms with van der Waals surface area (Å²) in [6.45, 7) is 7.94. The molecule has 1 saturated heterocycles. The highest BCUT2D eigenvalue weighted by Gasteiger charge is 2.37. The van der Waals surface area contributed by atoms with Gasteiger partial charge < -0.3 is 5.11 Å². The second-order valence-corrected chi connectivity index (χ2v) is 5.29. The highest BCUT2D eigenvalue weighted by molar-refractivity contribution is 5.74. The number of hydrogen-bond acceptors (Lipinski definition) is 2. The molecule has 0 aromatic heterocycles. The van der Waals surface area contributed by atoms with Gasteiger partial charge in [0.15, 0.2) is 0 Å². The van der Waals surface area contributed by atoms with E-state index in [0.29, 0.717) is 12.6 Å². The molecule has 1 rings (SSSR count). The zero-order valence-electron chi connectivity index (χ0n) is 10.8. The van der Waals surface area contributed by atoms with Crippen LogP contribution >= 0.6 is 0 Å². The van der Waals surface area contributed by atoms with E-state index in [0.717, 1.165) is 25.8 Å². The first-order valence-corrected chi connectivity index (χ1v) is 6.51. The molecule has 2 unspecified atom stereocenters. The Morgan fingerprint density at radius 2 is 2.19 bits per heavy atom. The summed E-state index contributed by atoms with van der Waals surface area (Å²) in [7, 11) is 0. The molecule has 2 atom stereocenters. The number of hydrogen-bond donors (Lipinski definition) is 1. The molecule has 3 nitrogen and oxygen atoms in total. The fourth-order valence-electron chi connectivity index (χ4n) is 2.82. The zero-order valence-corrected chi connectivity index (χ0v) is 10.8. The van der Waals surface area contributed by atoms with Crippen LogP contribution in [0.1, 0.15) is 52.9 Å². The summed E-state index contributed by atoms with van der Waals surface area (Å²) < 4.78 is 0. The van der Waals surface area contributed by atoms with Crippen molar-refractivity contribution >= 4 is 5.97 Å². The molecule has 1 fully saturated rings. The second-order valence-electron chi connectivity index (χ2n) is 5.29.